The van der Waals surface area contributed by atoms with E-state index in [0.717, 1.165) is 25.7 Å². The number of ether oxygens (including phenoxy) is 1. The van der Waals surface area contributed by atoms with Crippen molar-refractivity contribution in [2.24, 2.45) is 5.73 Å². The molecule has 2 unspecified atom stereocenters. The van der Waals surface area contributed by atoms with Gasteiger partial charge >= 0.3 is 6.36 Å². The number of carbonyl (C=O) groups excluding carboxylic acids is 2. The summed E-state index contributed by atoms with van der Waals surface area (Å²) in [5.41, 5.74) is 5.88. The molecule has 2 atom stereocenters. The van der Waals surface area contributed by atoms with Crippen molar-refractivity contribution in [3.63, 3.8) is 0 Å². The van der Waals surface area contributed by atoms with Crippen molar-refractivity contribution < 1.29 is 27.5 Å². The number of benzene rings is 1. The maximum atomic E-state index is 12.7. The predicted molar refractivity (Wildman–Crippen MR) is 97.9 cm³/mol. The van der Waals surface area contributed by atoms with Gasteiger partial charge in [-0.1, -0.05) is 12.1 Å². The number of nitrogens with zero attached hydrogens (tertiary/aromatic N) is 1. The van der Waals surface area contributed by atoms with Gasteiger partial charge < -0.3 is 20.7 Å². The Bertz CT molecular complexity index is 778. The van der Waals surface area contributed by atoms with Gasteiger partial charge in [-0.3, -0.25) is 9.59 Å². The minimum absolute atomic E-state index is 0.0713. The second-order valence-electron chi connectivity index (χ2n) is 8.25. The molecule has 2 aliphatic heterocycles. The van der Waals surface area contributed by atoms with E-state index in [-0.39, 0.29) is 42.2 Å². The van der Waals surface area contributed by atoms with Crippen molar-refractivity contribution in [2.45, 2.75) is 68.4 Å². The lowest BCUT2D eigenvalue weighted by atomic mass is 9.95. The number of alkyl halides is 3. The second-order valence-corrected chi connectivity index (χ2v) is 8.25. The Balaban J connectivity index is 1.35. The van der Waals surface area contributed by atoms with E-state index in [1.165, 1.54) is 24.3 Å². The van der Waals surface area contributed by atoms with E-state index in [0.29, 0.717) is 18.4 Å². The minimum Gasteiger partial charge on any atom is -0.406 e. The summed E-state index contributed by atoms with van der Waals surface area (Å²) < 4.78 is 40.8. The van der Waals surface area contributed by atoms with E-state index in [1.54, 1.807) is 0 Å². The van der Waals surface area contributed by atoms with Gasteiger partial charge in [-0.05, 0) is 56.2 Å². The van der Waals surface area contributed by atoms with E-state index < -0.39 is 11.8 Å². The fraction of sp³-hybridized carbons (Fsp3) is 0.600. The molecule has 2 saturated heterocycles. The summed E-state index contributed by atoms with van der Waals surface area (Å²) in [6, 6.07) is 5.80. The van der Waals surface area contributed by atoms with Crippen LogP contribution in [0.25, 0.3) is 0 Å². The Labute approximate surface area is 166 Å². The molecule has 2 bridgehead atoms. The smallest absolute Gasteiger partial charge is 0.406 e. The highest BCUT2D eigenvalue weighted by Crippen LogP contribution is 2.48. The fourth-order valence-electron chi connectivity index (χ4n) is 4.79. The average Bonchev–Trinajstić information content (AvgIpc) is 3.40. The van der Waals surface area contributed by atoms with Crippen molar-refractivity contribution >= 4 is 11.8 Å². The topological polar surface area (TPSA) is 84.7 Å². The fourth-order valence-corrected chi connectivity index (χ4v) is 4.79. The highest BCUT2D eigenvalue weighted by atomic mass is 19.4. The van der Waals surface area contributed by atoms with Crippen LogP contribution in [-0.4, -0.2) is 47.7 Å². The third-order valence-electron chi connectivity index (χ3n) is 6.28. The number of hydrogen-bond acceptors (Lipinski definition) is 4. The van der Waals surface area contributed by atoms with Gasteiger partial charge in [-0.15, -0.1) is 13.2 Å². The lowest BCUT2D eigenvalue weighted by molar-refractivity contribution is -0.274. The molecule has 1 aliphatic carbocycles. The summed E-state index contributed by atoms with van der Waals surface area (Å²) in [6.45, 7) is -0.0713. The Hall–Kier alpha value is -2.29. The zero-order valence-electron chi connectivity index (χ0n) is 15.9. The average molecular weight is 411 g/mol. The van der Waals surface area contributed by atoms with Crippen LogP contribution in [0.3, 0.4) is 0 Å². The molecule has 0 aromatic heterocycles. The van der Waals surface area contributed by atoms with Gasteiger partial charge in [0.2, 0.25) is 11.8 Å². The quantitative estimate of drug-likeness (QED) is 0.778. The van der Waals surface area contributed by atoms with Crippen LogP contribution in [0.5, 0.6) is 5.75 Å². The molecule has 1 aromatic rings. The van der Waals surface area contributed by atoms with E-state index >= 15 is 0 Å². The molecule has 9 heteroatoms. The van der Waals surface area contributed by atoms with Crippen LogP contribution in [0.2, 0.25) is 0 Å². The molecule has 2 amide bonds. The Morgan fingerprint density at radius 2 is 1.72 bits per heavy atom. The molecule has 4 rings (SSSR count). The predicted octanol–water partition coefficient (Wildman–Crippen LogP) is 2.21. The monoisotopic (exact) mass is 411 g/mol. The van der Waals surface area contributed by atoms with Crippen LogP contribution in [0.1, 0.15) is 44.1 Å². The maximum absolute atomic E-state index is 12.7. The highest BCUT2D eigenvalue weighted by Gasteiger charge is 2.51. The van der Waals surface area contributed by atoms with Crippen LogP contribution in [0, 0.1) is 0 Å². The van der Waals surface area contributed by atoms with Crippen LogP contribution < -0.4 is 15.8 Å². The normalized spacial score (nSPS) is 27.4. The molecule has 3 aliphatic rings. The van der Waals surface area contributed by atoms with Gasteiger partial charge in [0.15, 0.2) is 0 Å². The van der Waals surface area contributed by atoms with E-state index in [4.69, 9.17) is 5.73 Å². The van der Waals surface area contributed by atoms with E-state index in [2.05, 4.69) is 10.1 Å². The third-order valence-corrected chi connectivity index (χ3v) is 6.28. The number of rotatable bonds is 5. The molecule has 0 spiro atoms. The largest absolute Gasteiger partial charge is 0.573 e. The summed E-state index contributed by atoms with van der Waals surface area (Å²) in [7, 11) is 0. The van der Waals surface area contributed by atoms with Gasteiger partial charge in [-0.2, -0.15) is 0 Å². The van der Waals surface area contributed by atoms with Crippen molar-refractivity contribution in [1.82, 2.24) is 10.2 Å². The molecule has 2 heterocycles. The van der Waals surface area contributed by atoms with Crippen LogP contribution >= 0.6 is 0 Å². The summed E-state index contributed by atoms with van der Waals surface area (Å²) in [4.78, 5) is 27.3. The van der Waals surface area contributed by atoms with Gasteiger partial charge in [-0.25, -0.2) is 0 Å². The summed E-state index contributed by atoms with van der Waals surface area (Å²) in [5.74, 6) is -0.690. The van der Waals surface area contributed by atoms with Crippen molar-refractivity contribution in [1.29, 1.82) is 0 Å². The number of piperidine rings is 1. The number of hydrogen-bond donors (Lipinski definition) is 2. The Morgan fingerprint density at radius 3 is 2.24 bits per heavy atom. The SMILES string of the molecule is NC1CC2CCC(C1)N2C(=O)CNC(=O)C1(c2ccc(OC(F)(F)F)cc2)CC1. The van der Waals surface area contributed by atoms with Crippen LogP contribution in [-0.2, 0) is 15.0 Å². The lowest BCUT2D eigenvalue weighted by Gasteiger charge is -2.37. The standard InChI is InChI=1S/C20H24F3N3O3/c21-20(22,23)29-16-5-1-12(2-6-16)19(7-8-19)18(28)25-11-17(27)26-14-3-4-15(26)10-13(24)9-14/h1-2,5-6,13-15H,3-4,7-11,24H2,(H,25,28). The van der Waals surface area contributed by atoms with E-state index in [9.17, 15) is 22.8 Å². The molecule has 1 saturated carbocycles. The highest BCUT2D eigenvalue weighted by molar-refractivity contribution is 5.94. The van der Waals surface area contributed by atoms with Gasteiger partial charge in [0.05, 0.1) is 12.0 Å². The van der Waals surface area contributed by atoms with Gasteiger partial charge in [0.25, 0.3) is 0 Å². The molecule has 0 radical (unpaired) electrons. The summed E-state index contributed by atoms with van der Waals surface area (Å²) >= 11 is 0. The van der Waals surface area contributed by atoms with Crippen molar-refractivity contribution in [3.8, 4) is 5.75 Å². The third kappa shape index (κ3) is 4.05. The molecule has 3 N–H and O–H groups in total. The van der Waals surface area contributed by atoms with Crippen molar-refractivity contribution in [3.05, 3.63) is 29.8 Å². The first-order valence-corrected chi connectivity index (χ1v) is 9.89. The summed E-state index contributed by atoms with van der Waals surface area (Å²) in [5, 5.41) is 2.74. The molecule has 158 valence electrons. The Kier molecular flexibility index (Phi) is 4.96. The number of nitrogens with one attached hydrogen (secondary N) is 1. The first-order chi connectivity index (χ1) is 13.7. The number of amides is 2. The number of nitrogens with two attached hydrogens (primary N) is 1. The number of carbonyl (C=O) groups is 2. The maximum Gasteiger partial charge on any atom is 0.573 e. The minimum atomic E-state index is -4.76. The molecular weight excluding hydrogens is 387 g/mol. The van der Waals surface area contributed by atoms with E-state index in [1.807, 2.05) is 4.90 Å². The van der Waals surface area contributed by atoms with Gasteiger partial charge in [0, 0.05) is 18.1 Å². The van der Waals surface area contributed by atoms with Crippen LogP contribution in [0.15, 0.2) is 24.3 Å². The molecule has 1 aromatic carbocycles. The summed E-state index contributed by atoms with van der Waals surface area (Å²) in [6.07, 6.45) is -0.0669. The first-order valence-electron chi connectivity index (χ1n) is 9.89. The number of halogens is 3. The van der Waals surface area contributed by atoms with Crippen LogP contribution in [0.4, 0.5) is 13.2 Å². The Morgan fingerprint density at radius 1 is 1.14 bits per heavy atom. The zero-order chi connectivity index (χ0) is 20.8. The molecule has 6 nitrogen and oxygen atoms in total. The molecule has 29 heavy (non-hydrogen) atoms. The second kappa shape index (κ2) is 7.19. The first kappa shape index (κ1) is 20.0. The lowest BCUT2D eigenvalue weighted by Crippen LogP contribution is -2.53. The number of fused-ring (bicyclic) bond motifs is 2. The zero-order valence-corrected chi connectivity index (χ0v) is 15.9. The molecule has 3 fully saturated rings. The molecular formula is C20H24F3N3O3. The van der Waals surface area contributed by atoms with Gasteiger partial charge in [0.1, 0.15) is 5.75 Å². The van der Waals surface area contributed by atoms with Crippen molar-refractivity contribution in [2.75, 3.05) is 6.54 Å².